The van der Waals surface area contributed by atoms with Crippen LogP contribution in [0.4, 0.5) is 0 Å². The van der Waals surface area contributed by atoms with Crippen LogP contribution in [-0.2, 0) is 11.2 Å². The fourth-order valence-corrected chi connectivity index (χ4v) is 1.42. The molecule has 0 aliphatic rings. The summed E-state index contributed by atoms with van der Waals surface area (Å²) < 4.78 is 0. The van der Waals surface area contributed by atoms with Crippen molar-refractivity contribution in [3.8, 4) is 0 Å². The van der Waals surface area contributed by atoms with Crippen LogP contribution in [0.2, 0.25) is 0 Å². The summed E-state index contributed by atoms with van der Waals surface area (Å²) in [6.07, 6.45) is 11.0. The standard InChI is InChI=1S/C15H19NO/c1-16(14-17)13-9-4-2-3-6-10-15-11-7-5-8-12-15/h2-5,7-9,11-12,14H,6,10,13H2,1H3/b3-2+,9-4+. The molecular weight excluding hydrogens is 210 g/mol. The molecule has 1 amide bonds. The highest BCUT2D eigenvalue weighted by Crippen LogP contribution is 2.02. The summed E-state index contributed by atoms with van der Waals surface area (Å²) in [6, 6.07) is 10.4. The number of carbonyl (C=O) groups is 1. The molecule has 0 N–H and O–H groups in total. The van der Waals surface area contributed by atoms with Crippen molar-refractivity contribution in [3.05, 3.63) is 60.2 Å². The molecule has 0 spiro atoms. The number of carbonyl (C=O) groups excluding carboxylic acids is 1. The number of likely N-dealkylation sites (N-methyl/N-ethyl adjacent to an activating group) is 1. The van der Waals surface area contributed by atoms with E-state index in [4.69, 9.17) is 0 Å². The van der Waals surface area contributed by atoms with Crippen molar-refractivity contribution in [2.24, 2.45) is 0 Å². The van der Waals surface area contributed by atoms with E-state index in [9.17, 15) is 4.79 Å². The lowest BCUT2D eigenvalue weighted by atomic mass is 10.1. The molecule has 0 saturated heterocycles. The Morgan fingerprint density at radius 1 is 1.12 bits per heavy atom. The zero-order chi connectivity index (χ0) is 12.3. The minimum Gasteiger partial charge on any atom is -0.345 e. The normalized spacial score (nSPS) is 11.1. The topological polar surface area (TPSA) is 20.3 Å². The van der Waals surface area contributed by atoms with Gasteiger partial charge in [-0.2, -0.15) is 0 Å². The van der Waals surface area contributed by atoms with Gasteiger partial charge in [-0.25, -0.2) is 0 Å². The van der Waals surface area contributed by atoms with Crippen molar-refractivity contribution in [2.45, 2.75) is 12.8 Å². The van der Waals surface area contributed by atoms with Crippen molar-refractivity contribution in [3.63, 3.8) is 0 Å². The van der Waals surface area contributed by atoms with Gasteiger partial charge in [-0.05, 0) is 18.4 Å². The second-order valence-corrected chi connectivity index (χ2v) is 3.93. The van der Waals surface area contributed by atoms with Crippen LogP contribution < -0.4 is 0 Å². The van der Waals surface area contributed by atoms with Gasteiger partial charge in [0.25, 0.3) is 0 Å². The summed E-state index contributed by atoms with van der Waals surface area (Å²) in [5.41, 5.74) is 1.36. The minimum absolute atomic E-state index is 0.659. The number of hydrogen-bond acceptors (Lipinski definition) is 1. The van der Waals surface area contributed by atoms with Crippen LogP contribution in [0, 0.1) is 0 Å². The Kier molecular flexibility index (Phi) is 6.49. The second-order valence-electron chi connectivity index (χ2n) is 3.93. The van der Waals surface area contributed by atoms with Crippen molar-refractivity contribution in [1.82, 2.24) is 4.90 Å². The Bertz CT molecular complexity index is 368. The van der Waals surface area contributed by atoms with Gasteiger partial charge in [-0.1, -0.05) is 54.6 Å². The Morgan fingerprint density at radius 3 is 2.53 bits per heavy atom. The fraction of sp³-hybridized carbons (Fsp3) is 0.267. The molecular formula is C15H19NO. The lowest BCUT2D eigenvalue weighted by Gasteiger charge is -2.04. The van der Waals surface area contributed by atoms with E-state index in [0.29, 0.717) is 6.54 Å². The first-order chi connectivity index (χ1) is 8.33. The highest BCUT2D eigenvalue weighted by Gasteiger charge is 1.87. The van der Waals surface area contributed by atoms with Crippen LogP contribution >= 0.6 is 0 Å². The molecule has 0 bridgehead atoms. The molecule has 0 saturated carbocycles. The Morgan fingerprint density at radius 2 is 1.82 bits per heavy atom. The summed E-state index contributed by atoms with van der Waals surface area (Å²) >= 11 is 0. The zero-order valence-electron chi connectivity index (χ0n) is 10.3. The summed E-state index contributed by atoms with van der Waals surface area (Å²) in [4.78, 5) is 11.9. The quantitative estimate of drug-likeness (QED) is 0.520. The SMILES string of the molecule is CN(C=O)C/C=C/C=C/CCc1ccccc1. The average molecular weight is 229 g/mol. The molecule has 17 heavy (non-hydrogen) atoms. The molecule has 2 nitrogen and oxygen atoms in total. The Balaban J connectivity index is 2.16. The number of allylic oxidation sites excluding steroid dienone is 3. The molecule has 1 aromatic rings. The summed E-state index contributed by atoms with van der Waals surface area (Å²) in [5.74, 6) is 0. The lowest BCUT2D eigenvalue weighted by Crippen LogP contribution is -2.14. The molecule has 1 rings (SSSR count). The zero-order valence-corrected chi connectivity index (χ0v) is 10.3. The Labute approximate surface area is 103 Å². The number of rotatable bonds is 7. The van der Waals surface area contributed by atoms with Gasteiger partial charge in [0.2, 0.25) is 6.41 Å². The third-order valence-corrected chi connectivity index (χ3v) is 2.40. The molecule has 0 radical (unpaired) electrons. The summed E-state index contributed by atoms with van der Waals surface area (Å²) in [7, 11) is 1.76. The smallest absolute Gasteiger partial charge is 0.209 e. The second kappa shape index (κ2) is 8.34. The first-order valence-corrected chi connectivity index (χ1v) is 5.84. The number of hydrogen-bond donors (Lipinski definition) is 0. The Hall–Kier alpha value is -1.83. The van der Waals surface area contributed by atoms with Gasteiger partial charge >= 0.3 is 0 Å². The minimum atomic E-state index is 0.659. The van der Waals surface area contributed by atoms with Crippen LogP contribution in [0.5, 0.6) is 0 Å². The van der Waals surface area contributed by atoms with E-state index >= 15 is 0 Å². The molecule has 0 atom stereocenters. The van der Waals surface area contributed by atoms with E-state index < -0.39 is 0 Å². The predicted molar refractivity (Wildman–Crippen MR) is 71.7 cm³/mol. The number of amides is 1. The molecule has 0 aromatic heterocycles. The van der Waals surface area contributed by atoms with Crippen molar-refractivity contribution in [2.75, 3.05) is 13.6 Å². The highest BCUT2D eigenvalue weighted by molar-refractivity contribution is 5.46. The highest BCUT2D eigenvalue weighted by atomic mass is 16.1. The fourth-order valence-electron chi connectivity index (χ4n) is 1.42. The first-order valence-electron chi connectivity index (χ1n) is 5.84. The van der Waals surface area contributed by atoms with Crippen molar-refractivity contribution < 1.29 is 4.79 Å². The largest absolute Gasteiger partial charge is 0.345 e. The van der Waals surface area contributed by atoms with E-state index in [0.717, 1.165) is 19.3 Å². The van der Waals surface area contributed by atoms with Crippen molar-refractivity contribution >= 4 is 6.41 Å². The molecule has 0 heterocycles. The molecule has 0 unspecified atom stereocenters. The van der Waals surface area contributed by atoms with Gasteiger partial charge in [0.05, 0.1) is 0 Å². The first kappa shape index (κ1) is 13.2. The van der Waals surface area contributed by atoms with E-state index in [1.165, 1.54) is 5.56 Å². The van der Waals surface area contributed by atoms with Crippen LogP contribution in [0.25, 0.3) is 0 Å². The van der Waals surface area contributed by atoms with Crippen LogP contribution in [0.15, 0.2) is 54.6 Å². The van der Waals surface area contributed by atoms with Crippen LogP contribution in [0.3, 0.4) is 0 Å². The predicted octanol–water partition coefficient (Wildman–Crippen LogP) is 2.82. The number of benzene rings is 1. The number of aryl methyl sites for hydroxylation is 1. The van der Waals surface area contributed by atoms with Gasteiger partial charge < -0.3 is 4.90 Å². The van der Waals surface area contributed by atoms with Crippen molar-refractivity contribution in [1.29, 1.82) is 0 Å². The molecule has 0 aliphatic carbocycles. The van der Waals surface area contributed by atoms with Gasteiger partial charge in [0.15, 0.2) is 0 Å². The maximum Gasteiger partial charge on any atom is 0.209 e. The molecule has 2 heteroatoms. The van der Waals surface area contributed by atoms with E-state index in [-0.39, 0.29) is 0 Å². The molecule has 0 aliphatic heterocycles. The van der Waals surface area contributed by atoms with Gasteiger partial charge in [0.1, 0.15) is 0 Å². The van der Waals surface area contributed by atoms with E-state index in [1.54, 1.807) is 11.9 Å². The van der Waals surface area contributed by atoms with Crippen LogP contribution in [-0.4, -0.2) is 24.9 Å². The maximum absolute atomic E-state index is 10.3. The molecule has 90 valence electrons. The molecule has 0 fully saturated rings. The van der Waals surface area contributed by atoms with Gasteiger partial charge in [-0.15, -0.1) is 0 Å². The monoisotopic (exact) mass is 229 g/mol. The molecule has 1 aromatic carbocycles. The van der Waals surface area contributed by atoms with Crippen LogP contribution in [0.1, 0.15) is 12.0 Å². The maximum atomic E-state index is 10.3. The third-order valence-electron chi connectivity index (χ3n) is 2.40. The number of nitrogens with zero attached hydrogens (tertiary/aromatic N) is 1. The van der Waals surface area contributed by atoms with Gasteiger partial charge in [-0.3, -0.25) is 4.79 Å². The van der Waals surface area contributed by atoms with E-state index in [2.05, 4.69) is 30.3 Å². The lowest BCUT2D eigenvalue weighted by molar-refractivity contribution is -0.116. The third kappa shape index (κ3) is 6.36. The van der Waals surface area contributed by atoms with Gasteiger partial charge in [0, 0.05) is 13.6 Å². The summed E-state index contributed by atoms with van der Waals surface area (Å²) in [5, 5.41) is 0. The average Bonchev–Trinajstić information content (AvgIpc) is 2.38. The summed E-state index contributed by atoms with van der Waals surface area (Å²) in [6.45, 7) is 0.659. The van der Waals surface area contributed by atoms with E-state index in [1.807, 2.05) is 24.3 Å².